The van der Waals surface area contributed by atoms with Gasteiger partial charge in [0.15, 0.2) is 5.58 Å². The molecule has 10 aromatic rings. The van der Waals surface area contributed by atoms with Crippen LogP contribution in [-0.2, 0) is 0 Å². The Hall–Kier alpha value is -6.42. The van der Waals surface area contributed by atoms with Gasteiger partial charge in [0.1, 0.15) is 5.58 Å². The van der Waals surface area contributed by atoms with E-state index in [4.69, 9.17) is 4.42 Å². The highest BCUT2D eigenvalue weighted by Crippen LogP contribution is 2.50. The minimum Gasteiger partial charge on any atom is -0.454 e. The van der Waals surface area contributed by atoms with Crippen LogP contribution in [0.4, 0.5) is 17.1 Å². The maximum Gasteiger partial charge on any atom is 0.160 e. The van der Waals surface area contributed by atoms with Crippen molar-refractivity contribution in [3.05, 3.63) is 188 Å². The molecular formula is C48H31NOS. The van der Waals surface area contributed by atoms with Crippen molar-refractivity contribution in [2.24, 2.45) is 0 Å². The number of nitrogens with zero attached hydrogens (tertiary/aromatic N) is 1. The fraction of sp³-hybridized carbons (Fsp3) is 0. The van der Waals surface area contributed by atoms with E-state index in [0.29, 0.717) is 0 Å². The highest BCUT2D eigenvalue weighted by Gasteiger charge is 2.24. The number of hydrogen-bond acceptors (Lipinski definition) is 3. The first kappa shape index (κ1) is 29.5. The van der Waals surface area contributed by atoms with Gasteiger partial charge in [-0.05, 0) is 81.9 Å². The largest absolute Gasteiger partial charge is 0.454 e. The van der Waals surface area contributed by atoms with Crippen LogP contribution < -0.4 is 4.90 Å². The molecule has 0 aliphatic rings. The van der Waals surface area contributed by atoms with Crippen LogP contribution in [0, 0.1) is 0 Å². The minimum atomic E-state index is 0.883. The van der Waals surface area contributed by atoms with E-state index in [1.54, 1.807) is 0 Å². The summed E-state index contributed by atoms with van der Waals surface area (Å²) >= 11 is 1.84. The third kappa shape index (κ3) is 5.10. The lowest BCUT2D eigenvalue weighted by Crippen LogP contribution is -2.11. The highest BCUT2D eigenvalue weighted by molar-refractivity contribution is 7.26. The molecule has 2 heterocycles. The van der Waals surface area contributed by atoms with Crippen molar-refractivity contribution in [1.82, 2.24) is 0 Å². The standard InChI is InChI=1S/C48H31NOS/c1-4-14-32(15-5-1)35-24-26-38(27-25-35)49(39-29-36(33-16-6-2-7-17-33)28-37(30-39)34-18-8-3-9-19-34)43-31-42-40-20-11-13-23-45(40)51-48(42)46-41-21-10-12-22-44(41)50-47(43)46/h1-31H. The molecule has 2 aromatic heterocycles. The molecule has 0 bridgehead atoms. The highest BCUT2D eigenvalue weighted by atomic mass is 32.1. The summed E-state index contributed by atoms with van der Waals surface area (Å²) < 4.78 is 9.42. The quantitative estimate of drug-likeness (QED) is 0.175. The molecule has 0 fully saturated rings. The molecule has 51 heavy (non-hydrogen) atoms. The Kier molecular flexibility index (Phi) is 7.04. The Morgan fingerprint density at radius 2 is 0.922 bits per heavy atom. The number of anilines is 3. The van der Waals surface area contributed by atoms with Crippen molar-refractivity contribution in [2.75, 3.05) is 4.90 Å². The molecule has 0 unspecified atom stereocenters. The van der Waals surface area contributed by atoms with E-state index in [2.05, 4.69) is 193 Å². The molecule has 0 aliphatic carbocycles. The van der Waals surface area contributed by atoms with Crippen molar-refractivity contribution >= 4 is 70.5 Å². The topological polar surface area (TPSA) is 16.4 Å². The maximum absolute atomic E-state index is 6.90. The van der Waals surface area contributed by atoms with Crippen LogP contribution in [0.1, 0.15) is 0 Å². The maximum atomic E-state index is 6.90. The van der Waals surface area contributed by atoms with Gasteiger partial charge >= 0.3 is 0 Å². The molecule has 2 nitrogen and oxygen atoms in total. The Morgan fingerprint density at radius 1 is 0.392 bits per heavy atom. The lowest BCUT2D eigenvalue weighted by atomic mass is 9.97. The van der Waals surface area contributed by atoms with E-state index in [9.17, 15) is 0 Å². The summed E-state index contributed by atoms with van der Waals surface area (Å²) in [5.41, 5.74) is 11.9. The van der Waals surface area contributed by atoms with Gasteiger partial charge in [-0.15, -0.1) is 11.3 Å². The lowest BCUT2D eigenvalue weighted by Gasteiger charge is -2.27. The third-order valence-corrected chi connectivity index (χ3v) is 11.0. The van der Waals surface area contributed by atoms with E-state index < -0.39 is 0 Å². The zero-order valence-corrected chi connectivity index (χ0v) is 28.5. The predicted molar refractivity (Wildman–Crippen MR) is 218 cm³/mol. The Morgan fingerprint density at radius 3 is 1.57 bits per heavy atom. The van der Waals surface area contributed by atoms with E-state index >= 15 is 0 Å². The Labute approximate surface area is 300 Å². The summed E-state index contributed by atoms with van der Waals surface area (Å²) in [7, 11) is 0. The van der Waals surface area contributed by atoms with Crippen molar-refractivity contribution in [2.45, 2.75) is 0 Å². The number of para-hydroxylation sites is 1. The molecular weight excluding hydrogens is 639 g/mol. The van der Waals surface area contributed by atoms with Crippen LogP contribution in [0.15, 0.2) is 192 Å². The first-order chi connectivity index (χ1) is 25.3. The molecule has 8 aromatic carbocycles. The van der Waals surface area contributed by atoms with Crippen LogP contribution in [-0.4, -0.2) is 0 Å². The zero-order chi connectivity index (χ0) is 33.7. The summed E-state index contributed by atoms with van der Waals surface area (Å²) in [6, 6.07) is 67.3. The molecule has 0 saturated carbocycles. The number of benzene rings is 8. The monoisotopic (exact) mass is 669 g/mol. The van der Waals surface area contributed by atoms with Crippen molar-refractivity contribution < 1.29 is 4.42 Å². The second-order valence-electron chi connectivity index (χ2n) is 12.9. The number of fused-ring (bicyclic) bond motifs is 7. The normalized spacial score (nSPS) is 11.5. The average Bonchev–Trinajstić information content (AvgIpc) is 3.78. The molecule has 3 heteroatoms. The second kappa shape index (κ2) is 12.2. The van der Waals surface area contributed by atoms with Gasteiger partial charge in [0, 0.05) is 42.3 Å². The molecule has 0 spiro atoms. The minimum absolute atomic E-state index is 0.883. The lowest BCUT2D eigenvalue weighted by molar-refractivity contribution is 0.669. The predicted octanol–water partition coefficient (Wildman–Crippen LogP) is 14.4. The second-order valence-corrected chi connectivity index (χ2v) is 14.0. The SMILES string of the molecule is c1ccc(-c2ccc(N(c3cc(-c4ccccc4)cc(-c4ccccc4)c3)c3cc4c5ccccc5sc4c4c3oc3ccccc34)cc2)cc1. The van der Waals surface area contributed by atoms with Gasteiger partial charge in [0.2, 0.25) is 0 Å². The molecule has 0 saturated heterocycles. The van der Waals surface area contributed by atoms with Crippen molar-refractivity contribution in [3.8, 4) is 33.4 Å². The average molecular weight is 670 g/mol. The van der Waals surface area contributed by atoms with Gasteiger partial charge in [-0.1, -0.05) is 140 Å². The molecule has 10 rings (SSSR count). The van der Waals surface area contributed by atoms with Crippen LogP contribution in [0.2, 0.25) is 0 Å². The molecule has 0 atom stereocenters. The molecule has 240 valence electrons. The van der Waals surface area contributed by atoms with Crippen molar-refractivity contribution in [3.63, 3.8) is 0 Å². The van der Waals surface area contributed by atoms with Gasteiger partial charge in [-0.3, -0.25) is 0 Å². The van der Waals surface area contributed by atoms with E-state index in [1.165, 1.54) is 42.4 Å². The molecule has 0 radical (unpaired) electrons. The Bertz CT molecular complexity index is 2780. The van der Waals surface area contributed by atoms with E-state index in [1.807, 2.05) is 11.3 Å². The van der Waals surface area contributed by atoms with Crippen LogP contribution in [0.25, 0.3) is 75.5 Å². The smallest absolute Gasteiger partial charge is 0.160 e. The fourth-order valence-electron chi connectivity index (χ4n) is 7.41. The van der Waals surface area contributed by atoms with Gasteiger partial charge in [-0.25, -0.2) is 0 Å². The zero-order valence-electron chi connectivity index (χ0n) is 27.7. The van der Waals surface area contributed by atoms with Crippen molar-refractivity contribution in [1.29, 1.82) is 0 Å². The van der Waals surface area contributed by atoms with Crippen LogP contribution >= 0.6 is 11.3 Å². The van der Waals surface area contributed by atoms with Gasteiger partial charge in [0.05, 0.1) is 5.69 Å². The van der Waals surface area contributed by atoms with Gasteiger partial charge < -0.3 is 9.32 Å². The van der Waals surface area contributed by atoms with E-state index in [-0.39, 0.29) is 0 Å². The van der Waals surface area contributed by atoms with Crippen LogP contribution in [0.3, 0.4) is 0 Å². The number of thiophene rings is 1. The fourth-order valence-corrected chi connectivity index (χ4v) is 8.65. The first-order valence-electron chi connectivity index (χ1n) is 17.3. The van der Waals surface area contributed by atoms with Gasteiger partial charge in [0.25, 0.3) is 0 Å². The molecule has 0 aliphatic heterocycles. The first-order valence-corrected chi connectivity index (χ1v) is 18.1. The number of furan rings is 1. The summed E-state index contributed by atoms with van der Waals surface area (Å²) in [6.45, 7) is 0. The van der Waals surface area contributed by atoms with Crippen LogP contribution in [0.5, 0.6) is 0 Å². The van der Waals surface area contributed by atoms with Gasteiger partial charge in [-0.2, -0.15) is 0 Å². The molecule has 0 amide bonds. The summed E-state index contributed by atoms with van der Waals surface area (Å²) in [5.74, 6) is 0. The number of hydrogen-bond donors (Lipinski definition) is 0. The van der Waals surface area contributed by atoms with E-state index in [0.717, 1.165) is 50.1 Å². The summed E-state index contributed by atoms with van der Waals surface area (Å²) in [6.07, 6.45) is 0. The third-order valence-electron chi connectivity index (χ3n) is 9.83. The summed E-state index contributed by atoms with van der Waals surface area (Å²) in [5, 5.41) is 4.78. The Balaban J connectivity index is 1.30. The number of rotatable bonds is 6. The summed E-state index contributed by atoms with van der Waals surface area (Å²) in [4.78, 5) is 2.39. The molecule has 0 N–H and O–H groups in total.